The number of nitrogens with zero attached hydrogens (tertiary/aromatic N) is 2. The van der Waals surface area contributed by atoms with Crippen molar-refractivity contribution in [3.63, 3.8) is 0 Å². The summed E-state index contributed by atoms with van der Waals surface area (Å²) >= 11 is 1.64. The van der Waals surface area contributed by atoms with E-state index in [1.807, 2.05) is 18.4 Å². The molecule has 1 aromatic rings. The van der Waals surface area contributed by atoms with Gasteiger partial charge in [0, 0.05) is 38.0 Å². The molecule has 1 aromatic carbocycles. The predicted molar refractivity (Wildman–Crippen MR) is 97.8 cm³/mol. The van der Waals surface area contributed by atoms with Gasteiger partial charge in [-0.3, -0.25) is 4.79 Å². The van der Waals surface area contributed by atoms with Crippen molar-refractivity contribution in [2.24, 2.45) is 5.92 Å². The van der Waals surface area contributed by atoms with Crippen molar-refractivity contribution in [3.8, 4) is 0 Å². The molecule has 1 fully saturated rings. The third-order valence-corrected chi connectivity index (χ3v) is 6.93. The highest BCUT2D eigenvalue weighted by Crippen LogP contribution is 2.27. The van der Waals surface area contributed by atoms with Gasteiger partial charge >= 0.3 is 0 Å². The topological polar surface area (TPSA) is 57.7 Å². The molecule has 1 saturated heterocycles. The number of carbonyl (C=O) groups is 1. The van der Waals surface area contributed by atoms with Gasteiger partial charge in [-0.15, -0.1) is 11.8 Å². The van der Waals surface area contributed by atoms with Crippen LogP contribution in [-0.4, -0.2) is 56.0 Å². The molecule has 0 aliphatic carbocycles. The highest BCUT2D eigenvalue weighted by Gasteiger charge is 2.29. The van der Waals surface area contributed by atoms with Gasteiger partial charge in [0.15, 0.2) is 0 Å². The number of hydrogen-bond acceptors (Lipinski definition) is 4. The Balaban J connectivity index is 2.25. The molecule has 0 saturated carbocycles. The fraction of sp³-hybridized carbons (Fsp3) is 0.588. The van der Waals surface area contributed by atoms with E-state index in [2.05, 4.69) is 13.8 Å². The SMILES string of the molecule is CSc1ccc(S(=O)(=O)N2CCN(C(C)=O)CC2)cc1CC(C)C. The number of rotatable bonds is 5. The van der Waals surface area contributed by atoms with E-state index in [4.69, 9.17) is 0 Å². The maximum Gasteiger partial charge on any atom is 0.243 e. The van der Waals surface area contributed by atoms with E-state index in [0.717, 1.165) is 16.9 Å². The first-order chi connectivity index (χ1) is 11.3. The Hall–Kier alpha value is -1.05. The minimum atomic E-state index is -3.51. The van der Waals surface area contributed by atoms with Crippen LogP contribution in [0, 0.1) is 5.92 Å². The van der Waals surface area contributed by atoms with Gasteiger partial charge in [-0.25, -0.2) is 8.42 Å². The molecule has 24 heavy (non-hydrogen) atoms. The molecule has 1 heterocycles. The van der Waals surface area contributed by atoms with Gasteiger partial charge in [-0.2, -0.15) is 4.31 Å². The Labute approximate surface area is 149 Å². The molecule has 0 N–H and O–H groups in total. The highest BCUT2D eigenvalue weighted by molar-refractivity contribution is 7.98. The first kappa shape index (κ1) is 19.3. The number of amides is 1. The zero-order valence-corrected chi connectivity index (χ0v) is 16.4. The molecule has 1 aliphatic heterocycles. The summed E-state index contributed by atoms with van der Waals surface area (Å²) in [6.45, 7) is 7.39. The van der Waals surface area contributed by atoms with Crippen LogP contribution >= 0.6 is 11.8 Å². The first-order valence-corrected chi connectivity index (χ1v) is 10.8. The average molecular weight is 371 g/mol. The molecule has 0 spiro atoms. The van der Waals surface area contributed by atoms with Gasteiger partial charge in [0.2, 0.25) is 15.9 Å². The zero-order chi connectivity index (χ0) is 17.9. The van der Waals surface area contributed by atoms with Gasteiger partial charge in [-0.05, 0) is 42.4 Å². The molecule has 2 rings (SSSR count). The molecule has 0 unspecified atom stereocenters. The molecule has 1 aliphatic rings. The third kappa shape index (κ3) is 4.32. The summed E-state index contributed by atoms with van der Waals surface area (Å²) in [7, 11) is -3.51. The first-order valence-electron chi connectivity index (χ1n) is 8.18. The van der Waals surface area contributed by atoms with Crippen LogP contribution in [0.5, 0.6) is 0 Å². The van der Waals surface area contributed by atoms with Gasteiger partial charge in [-0.1, -0.05) is 13.8 Å². The number of sulfonamides is 1. The van der Waals surface area contributed by atoms with Gasteiger partial charge < -0.3 is 4.90 Å². The third-order valence-electron chi connectivity index (χ3n) is 4.20. The van der Waals surface area contributed by atoms with E-state index >= 15 is 0 Å². The number of thioether (sulfide) groups is 1. The Bertz CT molecular complexity index is 694. The van der Waals surface area contributed by atoms with Crippen LogP contribution in [0.2, 0.25) is 0 Å². The number of carbonyl (C=O) groups excluding carboxylic acids is 1. The van der Waals surface area contributed by atoms with Crippen LogP contribution in [0.4, 0.5) is 0 Å². The molecule has 7 heteroatoms. The summed E-state index contributed by atoms with van der Waals surface area (Å²) < 4.78 is 27.3. The lowest BCUT2D eigenvalue weighted by atomic mass is 10.0. The van der Waals surface area contributed by atoms with E-state index < -0.39 is 10.0 Å². The lowest BCUT2D eigenvalue weighted by molar-refractivity contribution is -0.129. The van der Waals surface area contributed by atoms with Gasteiger partial charge in [0.1, 0.15) is 0 Å². The average Bonchev–Trinajstić information content (AvgIpc) is 2.54. The van der Waals surface area contributed by atoms with Gasteiger partial charge in [0.05, 0.1) is 4.90 Å². The maximum atomic E-state index is 12.9. The zero-order valence-electron chi connectivity index (χ0n) is 14.8. The lowest BCUT2D eigenvalue weighted by Gasteiger charge is -2.33. The Morgan fingerprint density at radius 1 is 1.21 bits per heavy atom. The van der Waals surface area contributed by atoms with E-state index in [1.165, 1.54) is 11.2 Å². The Morgan fingerprint density at radius 2 is 1.83 bits per heavy atom. The molecule has 0 bridgehead atoms. The Morgan fingerprint density at radius 3 is 2.33 bits per heavy atom. The molecule has 5 nitrogen and oxygen atoms in total. The van der Waals surface area contributed by atoms with Crippen molar-refractivity contribution in [1.29, 1.82) is 0 Å². The quantitative estimate of drug-likeness (QED) is 0.747. The largest absolute Gasteiger partial charge is 0.340 e. The van der Waals surface area contributed by atoms with E-state index in [-0.39, 0.29) is 5.91 Å². The van der Waals surface area contributed by atoms with Crippen LogP contribution in [0.1, 0.15) is 26.3 Å². The fourth-order valence-corrected chi connectivity index (χ4v) is 4.99. The molecule has 0 aromatic heterocycles. The second-order valence-electron chi connectivity index (χ2n) is 6.48. The van der Waals surface area contributed by atoms with Crippen molar-refractivity contribution in [1.82, 2.24) is 9.21 Å². The van der Waals surface area contributed by atoms with Crippen molar-refractivity contribution in [2.75, 3.05) is 32.4 Å². The number of piperazine rings is 1. The molecular formula is C17H26N2O3S2. The minimum absolute atomic E-state index is 0.00408. The fourth-order valence-electron chi connectivity index (χ4n) is 2.91. The molecule has 0 atom stereocenters. The van der Waals surface area contributed by atoms with E-state index in [1.54, 1.807) is 22.7 Å². The summed E-state index contributed by atoms with van der Waals surface area (Å²) in [4.78, 5) is 14.6. The minimum Gasteiger partial charge on any atom is -0.340 e. The van der Waals surface area contributed by atoms with E-state index in [9.17, 15) is 13.2 Å². The summed E-state index contributed by atoms with van der Waals surface area (Å²) in [6.07, 6.45) is 2.87. The summed E-state index contributed by atoms with van der Waals surface area (Å²) in [5.41, 5.74) is 1.08. The van der Waals surface area contributed by atoms with Crippen molar-refractivity contribution in [3.05, 3.63) is 23.8 Å². The van der Waals surface area contributed by atoms with Gasteiger partial charge in [0.25, 0.3) is 0 Å². The predicted octanol–water partition coefficient (Wildman–Crippen LogP) is 2.46. The lowest BCUT2D eigenvalue weighted by Crippen LogP contribution is -2.49. The second kappa shape index (κ2) is 7.89. The number of hydrogen-bond donors (Lipinski definition) is 0. The van der Waals surface area contributed by atoms with Crippen molar-refractivity contribution >= 4 is 27.7 Å². The highest BCUT2D eigenvalue weighted by atomic mass is 32.2. The van der Waals surface area contributed by atoms with Crippen molar-refractivity contribution in [2.45, 2.75) is 37.0 Å². The van der Waals surface area contributed by atoms with Crippen LogP contribution < -0.4 is 0 Å². The Kier molecular flexibility index (Phi) is 6.33. The smallest absolute Gasteiger partial charge is 0.243 e. The van der Waals surface area contributed by atoms with Crippen LogP contribution in [0.15, 0.2) is 28.0 Å². The van der Waals surface area contributed by atoms with Crippen LogP contribution in [-0.2, 0) is 21.2 Å². The second-order valence-corrected chi connectivity index (χ2v) is 9.27. The van der Waals surface area contributed by atoms with E-state index in [0.29, 0.717) is 37.0 Å². The van der Waals surface area contributed by atoms with Crippen LogP contribution in [0.3, 0.4) is 0 Å². The monoisotopic (exact) mass is 370 g/mol. The molecule has 0 radical (unpaired) electrons. The normalized spacial score (nSPS) is 16.6. The summed E-state index contributed by atoms with van der Waals surface area (Å²) in [6, 6.07) is 5.42. The molecular weight excluding hydrogens is 344 g/mol. The number of benzene rings is 1. The summed E-state index contributed by atoms with van der Waals surface area (Å²) in [5.74, 6) is 0.462. The maximum absolute atomic E-state index is 12.9. The van der Waals surface area contributed by atoms with Crippen LogP contribution in [0.25, 0.3) is 0 Å². The molecule has 1 amide bonds. The standard InChI is InChI=1S/C17H26N2O3S2/c1-13(2)11-15-12-16(5-6-17(15)23-4)24(21,22)19-9-7-18(8-10-19)14(3)20/h5-6,12-13H,7-11H2,1-4H3. The van der Waals surface area contributed by atoms with Crippen molar-refractivity contribution < 1.29 is 13.2 Å². The molecule has 134 valence electrons. The summed E-state index contributed by atoms with van der Waals surface area (Å²) in [5, 5.41) is 0.